The number of nitrogens with zero attached hydrogens (tertiary/aromatic N) is 1. The van der Waals surface area contributed by atoms with Crippen molar-refractivity contribution in [3.63, 3.8) is 0 Å². The normalized spacial score (nSPS) is 14.1. The molecule has 2 heteroatoms. The number of benzene rings is 2. The van der Waals surface area contributed by atoms with Crippen molar-refractivity contribution in [3.8, 4) is 0 Å². The van der Waals surface area contributed by atoms with E-state index in [2.05, 4.69) is 4.99 Å². The van der Waals surface area contributed by atoms with Crippen molar-refractivity contribution in [2.45, 2.75) is 13.3 Å². The Morgan fingerprint density at radius 2 is 1.72 bits per heavy atom. The fourth-order valence-corrected chi connectivity index (χ4v) is 2.20. The predicted molar refractivity (Wildman–Crippen MR) is 72.2 cm³/mol. The third kappa shape index (κ3) is 1.86. The fraction of sp³-hybridized carbons (Fsp3) is 0.125. The Morgan fingerprint density at radius 3 is 2.50 bits per heavy atom. The van der Waals surface area contributed by atoms with E-state index in [9.17, 15) is 4.79 Å². The topological polar surface area (TPSA) is 29.4 Å². The highest BCUT2D eigenvalue weighted by molar-refractivity contribution is 6.15. The molecule has 0 aliphatic carbocycles. The van der Waals surface area contributed by atoms with Gasteiger partial charge in [-0.25, -0.2) is 4.99 Å². The standard InChI is InChI=1S/C16H13NO/c1-11-6-8-12(9-7-11)15-10-13-4-2-3-5-14(13)16(18)17-15/h2-9H,10H2,1H3. The maximum Gasteiger partial charge on any atom is 0.277 e. The van der Waals surface area contributed by atoms with Crippen LogP contribution >= 0.6 is 0 Å². The molecule has 0 atom stereocenters. The molecule has 0 saturated carbocycles. The van der Waals surface area contributed by atoms with E-state index in [0.717, 1.165) is 28.8 Å². The Hall–Kier alpha value is -2.22. The number of aliphatic imine (C=N–C) groups is 1. The average molecular weight is 235 g/mol. The van der Waals surface area contributed by atoms with Gasteiger partial charge in [0.1, 0.15) is 0 Å². The summed E-state index contributed by atoms with van der Waals surface area (Å²) >= 11 is 0. The zero-order valence-electron chi connectivity index (χ0n) is 10.2. The van der Waals surface area contributed by atoms with Gasteiger partial charge in [0.15, 0.2) is 0 Å². The van der Waals surface area contributed by atoms with Crippen LogP contribution < -0.4 is 0 Å². The van der Waals surface area contributed by atoms with Crippen molar-refractivity contribution in [2.75, 3.05) is 0 Å². The minimum absolute atomic E-state index is 0.132. The summed E-state index contributed by atoms with van der Waals surface area (Å²) in [7, 11) is 0. The lowest BCUT2D eigenvalue weighted by Crippen LogP contribution is -2.17. The van der Waals surface area contributed by atoms with Gasteiger partial charge in [-0.1, -0.05) is 48.0 Å². The summed E-state index contributed by atoms with van der Waals surface area (Å²) in [5.74, 6) is -0.132. The van der Waals surface area contributed by atoms with Crippen LogP contribution in [0, 0.1) is 6.92 Å². The van der Waals surface area contributed by atoms with Gasteiger partial charge in [0, 0.05) is 12.0 Å². The summed E-state index contributed by atoms with van der Waals surface area (Å²) in [4.78, 5) is 16.1. The van der Waals surface area contributed by atoms with E-state index in [4.69, 9.17) is 0 Å². The second kappa shape index (κ2) is 4.22. The van der Waals surface area contributed by atoms with Crippen LogP contribution in [-0.4, -0.2) is 11.6 Å². The molecule has 3 rings (SSSR count). The number of rotatable bonds is 1. The van der Waals surface area contributed by atoms with E-state index in [0.29, 0.717) is 0 Å². The third-order valence-corrected chi connectivity index (χ3v) is 3.23. The third-order valence-electron chi connectivity index (χ3n) is 3.23. The lowest BCUT2D eigenvalue weighted by Gasteiger charge is -2.15. The molecule has 18 heavy (non-hydrogen) atoms. The number of amides is 1. The Kier molecular flexibility index (Phi) is 2.56. The lowest BCUT2D eigenvalue weighted by molar-refractivity contribution is 0.1000. The van der Waals surface area contributed by atoms with Crippen LogP contribution in [0.4, 0.5) is 0 Å². The minimum atomic E-state index is -0.132. The lowest BCUT2D eigenvalue weighted by atomic mass is 9.94. The number of hydrogen-bond acceptors (Lipinski definition) is 1. The molecule has 1 aliphatic heterocycles. The number of fused-ring (bicyclic) bond motifs is 1. The molecule has 2 nitrogen and oxygen atoms in total. The molecule has 0 spiro atoms. The molecule has 0 saturated heterocycles. The van der Waals surface area contributed by atoms with Gasteiger partial charge in [-0.2, -0.15) is 0 Å². The highest BCUT2D eigenvalue weighted by atomic mass is 16.1. The van der Waals surface area contributed by atoms with E-state index >= 15 is 0 Å². The zero-order chi connectivity index (χ0) is 12.5. The van der Waals surface area contributed by atoms with Crippen molar-refractivity contribution in [1.82, 2.24) is 0 Å². The summed E-state index contributed by atoms with van der Waals surface area (Å²) in [6, 6.07) is 15.8. The van der Waals surface area contributed by atoms with E-state index in [1.807, 2.05) is 55.5 Å². The monoisotopic (exact) mass is 235 g/mol. The minimum Gasteiger partial charge on any atom is -0.267 e. The molecule has 0 bridgehead atoms. The smallest absolute Gasteiger partial charge is 0.267 e. The van der Waals surface area contributed by atoms with Gasteiger partial charge in [0.05, 0.1) is 5.71 Å². The zero-order valence-corrected chi connectivity index (χ0v) is 10.2. The van der Waals surface area contributed by atoms with Gasteiger partial charge in [-0.3, -0.25) is 4.79 Å². The van der Waals surface area contributed by atoms with E-state index in [1.165, 1.54) is 5.56 Å². The number of carbonyl (C=O) groups is 1. The highest BCUT2D eigenvalue weighted by Crippen LogP contribution is 2.19. The highest BCUT2D eigenvalue weighted by Gasteiger charge is 2.19. The molecular formula is C16H13NO. The first-order chi connectivity index (χ1) is 8.74. The van der Waals surface area contributed by atoms with Crippen LogP contribution in [0.3, 0.4) is 0 Å². The largest absolute Gasteiger partial charge is 0.277 e. The number of aryl methyl sites for hydroxylation is 1. The van der Waals surface area contributed by atoms with E-state index in [-0.39, 0.29) is 5.91 Å². The number of carbonyl (C=O) groups excluding carboxylic acids is 1. The van der Waals surface area contributed by atoms with Crippen molar-refractivity contribution < 1.29 is 4.79 Å². The second-order valence-electron chi connectivity index (χ2n) is 4.56. The fourth-order valence-electron chi connectivity index (χ4n) is 2.20. The first-order valence-electron chi connectivity index (χ1n) is 6.01. The Balaban J connectivity index is 2.02. The summed E-state index contributed by atoms with van der Waals surface area (Å²) in [5.41, 5.74) is 4.89. The van der Waals surface area contributed by atoms with Crippen LogP contribution in [-0.2, 0) is 6.42 Å². The quantitative estimate of drug-likeness (QED) is 0.746. The van der Waals surface area contributed by atoms with Crippen LogP contribution in [0.1, 0.15) is 27.0 Å². The molecule has 0 aromatic heterocycles. The Labute approximate surface area is 106 Å². The van der Waals surface area contributed by atoms with E-state index < -0.39 is 0 Å². The summed E-state index contributed by atoms with van der Waals surface area (Å²) in [5, 5.41) is 0. The molecule has 0 radical (unpaired) electrons. The molecule has 0 unspecified atom stereocenters. The predicted octanol–water partition coefficient (Wildman–Crippen LogP) is 3.18. The summed E-state index contributed by atoms with van der Waals surface area (Å²) < 4.78 is 0. The molecule has 1 amide bonds. The van der Waals surface area contributed by atoms with Gasteiger partial charge in [-0.15, -0.1) is 0 Å². The maximum atomic E-state index is 11.9. The first kappa shape index (κ1) is 10.9. The second-order valence-corrected chi connectivity index (χ2v) is 4.56. The van der Waals surface area contributed by atoms with Gasteiger partial charge in [0.2, 0.25) is 0 Å². The van der Waals surface area contributed by atoms with Crippen LogP contribution in [0.2, 0.25) is 0 Å². The SMILES string of the molecule is Cc1ccc(C2=NC(=O)c3ccccc3C2)cc1. The first-order valence-corrected chi connectivity index (χ1v) is 6.01. The van der Waals surface area contributed by atoms with Gasteiger partial charge < -0.3 is 0 Å². The summed E-state index contributed by atoms with van der Waals surface area (Å²) in [6.07, 6.45) is 0.727. The molecule has 2 aromatic carbocycles. The van der Waals surface area contributed by atoms with Crippen molar-refractivity contribution >= 4 is 11.6 Å². The molecular weight excluding hydrogens is 222 g/mol. The molecule has 1 heterocycles. The molecule has 1 aliphatic rings. The van der Waals surface area contributed by atoms with Gasteiger partial charge in [0.25, 0.3) is 5.91 Å². The maximum absolute atomic E-state index is 11.9. The summed E-state index contributed by atoms with van der Waals surface area (Å²) in [6.45, 7) is 2.05. The van der Waals surface area contributed by atoms with E-state index in [1.54, 1.807) is 0 Å². The van der Waals surface area contributed by atoms with Crippen LogP contribution in [0.25, 0.3) is 0 Å². The Bertz CT molecular complexity index is 638. The molecule has 0 N–H and O–H groups in total. The number of hydrogen-bond donors (Lipinski definition) is 0. The molecule has 0 fully saturated rings. The van der Waals surface area contributed by atoms with Crippen LogP contribution in [0.15, 0.2) is 53.5 Å². The molecule has 2 aromatic rings. The molecule has 88 valence electrons. The van der Waals surface area contributed by atoms with Gasteiger partial charge in [-0.05, 0) is 24.1 Å². The van der Waals surface area contributed by atoms with Crippen molar-refractivity contribution in [1.29, 1.82) is 0 Å². The van der Waals surface area contributed by atoms with Gasteiger partial charge >= 0.3 is 0 Å². The van der Waals surface area contributed by atoms with Crippen LogP contribution in [0.5, 0.6) is 0 Å². The van der Waals surface area contributed by atoms with Crippen molar-refractivity contribution in [2.24, 2.45) is 4.99 Å². The Morgan fingerprint density at radius 1 is 1.00 bits per heavy atom. The average Bonchev–Trinajstić information content (AvgIpc) is 2.39. The van der Waals surface area contributed by atoms with Crippen molar-refractivity contribution in [3.05, 3.63) is 70.8 Å².